The average molecular weight is 541 g/mol. The Hall–Kier alpha value is -2.29. The van der Waals surface area contributed by atoms with Gasteiger partial charge in [-0.05, 0) is 92.5 Å². The molecule has 6 nitrogen and oxygen atoms in total. The van der Waals surface area contributed by atoms with Gasteiger partial charge in [0.2, 0.25) is 11.8 Å². The van der Waals surface area contributed by atoms with Crippen molar-refractivity contribution in [2.45, 2.75) is 76.5 Å². The molecule has 2 aromatic rings. The van der Waals surface area contributed by atoms with Crippen LogP contribution < -0.4 is 11.1 Å². The number of carbonyl (C=O) groups is 2. The summed E-state index contributed by atoms with van der Waals surface area (Å²) in [4.78, 5) is 32.4. The Morgan fingerprint density at radius 3 is 2.53 bits per heavy atom. The first-order valence-electron chi connectivity index (χ1n) is 14.3. The summed E-state index contributed by atoms with van der Waals surface area (Å²) in [5.74, 6) is 0.992. The molecule has 38 heavy (non-hydrogen) atoms. The van der Waals surface area contributed by atoms with E-state index in [1.165, 1.54) is 29.9 Å². The topological polar surface area (TPSA) is 78.7 Å². The molecule has 206 valence electrons. The third-order valence-corrected chi connectivity index (χ3v) is 9.49. The van der Waals surface area contributed by atoms with Gasteiger partial charge in [-0.3, -0.25) is 14.5 Å². The van der Waals surface area contributed by atoms with E-state index in [1.54, 1.807) is 11.3 Å². The van der Waals surface area contributed by atoms with Crippen molar-refractivity contribution in [3.63, 3.8) is 0 Å². The van der Waals surface area contributed by atoms with Gasteiger partial charge in [-0.2, -0.15) is 0 Å². The van der Waals surface area contributed by atoms with E-state index in [1.807, 2.05) is 17.0 Å². The number of thiophene rings is 1. The number of nitrogens with zero attached hydrogens (tertiary/aromatic N) is 2. The normalized spacial score (nSPS) is 25.9. The minimum absolute atomic E-state index is 0.0172. The number of halogens is 1. The summed E-state index contributed by atoms with van der Waals surface area (Å²) in [5.41, 5.74) is 6.97. The zero-order valence-corrected chi connectivity index (χ0v) is 23.0. The van der Waals surface area contributed by atoms with Crippen LogP contribution in [0.4, 0.5) is 4.39 Å². The number of rotatable bonds is 10. The molecule has 8 heteroatoms. The van der Waals surface area contributed by atoms with Crippen molar-refractivity contribution >= 4 is 23.2 Å². The molecular weight excluding hydrogens is 499 g/mol. The number of hydrogen-bond acceptors (Lipinski definition) is 5. The predicted octanol–water partition coefficient (Wildman–Crippen LogP) is 4.54. The molecule has 3 fully saturated rings. The lowest BCUT2D eigenvalue weighted by Crippen LogP contribution is -2.58. The van der Waals surface area contributed by atoms with E-state index in [0.717, 1.165) is 44.2 Å². The van der Waals surface area contributed by atoms with E-state index in [2.05, 4.69) is 27.7 Å². The highest BCUT2D eigenvalue weighted by Gasteiger charge is 2.43. The van der Waals surface area contributed by atoms with E-state index < -0.39 is 6.04 Å². The van der Waals surface area contributed by atoms with E-state index >= 15 is 0 Å². The number of amides is 2. The van der Waals surface area contributed by atoms with Crippen LogP contribution in [0.2, 0.25) is 0 Å². The number of nitrogens with one attached hydrogen (secondary N) is 1. The van der Waals surface area contributed by atoms with Crippen LogP contribution in [0.5, 0.6) is 0 Å². The Morgan fingerprint density at radius 1 is 1.03 bits per heavy atom. The lowest BCUT2D eigenvalue weighted by molar-refractivity contribution is -0.145. The van der Waals surface area contributed by atoms with Gasteiger partial charge < -0.3 is 16.0 Å². The van der Waals surface area contributed by atoms with Gasteiger partial charge in [-0.1, -0.05) is 24.6 Å². The second kappa shape index (κ2) is 12.7. The Balaban J connectivity index is 1.30. The molecule has 0 bridgehead atoms. The molecule has 4 atom stereocenters. The summed E-state index contributed by atoms with van der Waals surface area (Å²) in [5, 5.41) is 5.32. The zero-order valence-electron chi connectivity index (χ0n) is 22.2. The van der Waals surface area contributed by atoms with Crippen LogP contribution in [0.3, 0.4) is 0 Å². The summed E-state index contributed by atoms with van der Waals surface area (Å²) in [7, 11) is 0. The Kier molecular flexibility index (Phi) is 9.12. The summed E-state index contributed by atoms with van der Waals surface area (Å²) in [6.07, 6.45) is 7.87. The smallest absolute Gasteiger partial charge is 0.242 e. The fourth-order valence-corrected chi connectivity index (χ4v) is 6.99. The van der Waals surface area contributed by atoms with E-state index in [-0.39, 0.29) is 29.6 Å². The summed E-state index contributed by atoms with van der Waals surface area (Å²) < 4.78 is 13.6. The second-order valence-electron chi connectivity index (χ2n) is 11.5. The van der Waals surface area contributed by atoms with E-state index in [9.17, 15) is 14.0 Å². The van der Waals surface area contributed by atoms with Crippen LogP contribution in [0.1, 0.15) is 61.8 Å². The highest BCUT2D eigenvalue weighted by Crippen LogP contribution is 2.35. The summed E-state index contributed by atoms with van der Waals surface area (Å²) in [6.45, 7) is 3.42. The van der Waals surface area contributed by atoms with Crippen molar-refractivity contribution < 1.29 is 14.0 Å². The molecule has 2 aliphatic carbocycles. The molecule has 1 aromatic heterocycles. The lowest BCUT2D eigenvalue weighted by atomic mass is 9.81. The van der Waals surface area contributed by atoms with Gasteiger partial charge in [0.05, 0.1) is 0 Å². The molecule has 1 saturated heterocycles. The van der Waals surface area contributed by atoms with Crippen molar-refractivity contribution in [3.8, 4) is 0 Å². The van der Waals surface area contributed by atoms with Gasteiger partial charge in [0.15, 0.2) is 0 Å². The van der Waals surface area contributed by atoms with Gasteiger partial charge >= 0.3 is 0 Å². The lowest BCUT2D eigenvalue weighted by Gasteiger charge is -2.43. The van der Waals surface area contributed by atoms with Gasteiger partial charge in [-0.25, -0.2) is 4.39 Å². The number of likely N-dealkylation sites (tertiary alicyclic amines) is 1. The van der Waals surface area contributed by atoms with Crippen LogP contribution in [0.15, 0.2) is 41.8 Å². The zero-order chi connectivity index (χ0) is 26.5. The largest absolute Gasteiger partial charge is 0.354 e. The third-order valence-electron chi connectivity index (χ3n) is 8.63. The Morgan fingerprint density at radius 2 is 1.82 bits per heavy atom. The maximum absolute atomic E-state index is 13.6. The van der Waals surface area contributed by atoms with Crippen molar-refractivity contribution in [3.05, 3.63) is 58.0 Å². The van der Waals surface area contributed by atoms with Crippen LogP contribution in [0.25, 0.3) is 0 Å². The number of piperidine rings is 1. The fraction of sp³-hybridized carbons (Fsp3) is 0.600. The van der Waals surface area contributed by atoms with Gasteiger partial charge in [0.25, 0.3) is 0 Å². The number of carbonyl (C=O) groups excluding carboxylic acids is 2. The van der Waals surface area contributed by atoms with Crippen LogP contribution in [0, 0.1) is 23.6 Å². The van der Waals surface area contributed by atoms with E-state index in [0.29, 0.717) is 44.4 Å². The minimum atomic E-state index is -0.449. The molecule has 2 heterocycles. The first-order chi connectivity index (χ1) is 18.5. The molecular formula is C30H41FN4O2S. The maximum atomic E-state index is 13.6. The molecule has 0 spiro atoms. The highest BCUT2D eigenvalue weighted by molar-refractivity contribution is 7.09. The molecule has 5 rings (SSSR count). The molecule has 3 aliphatic rings. The number of benzene rings is 1. The SMILES string of the molecule is NCC1CCCC(CNC(=O)[C@H]2CC(N(Cc3ccc(F)cc3)Cc3cccs3)CCN2C(=O)C2CC2)C1. The molecule has 0 radical (unpaired) electrons. The fourth-order valence-electron chi connectivity index (χ4n) is 6.26. The van der Waals surface area contributed by atoms with E-state index in [4.69, 9.17) is 5.73 Å². The Labute approximate surface area is 229 Å². The minimum Gasteiger partial charge on any atom is -0.354 e. The summed E-state index contributed by atoms with van der Waals surface area (Å²) in [6, 6.07) is 10.6. The van der Waals surface area contributed by atoms with Gasteiger partial charge in [0, 0.05) is 43.0 Å². The number of nitrogens with two attached hydrogens (primary N) is 1. The predicted molar refractivity (Wildman–Crippen MR) is 149 cm³/mol. The standard InChI is InChI=1S/C30H41FN4O2S/c31-25-10-6-21(7-11-25)19-34(20-27-5-2-14-38-27)26-12-13-35(30(37)24-8-9-24)28(16-26)29(36)33-18-23-4-1-3-22(15-23)17-32/h2,5-7,10-11,14,22-24,26,28H,1,3-4,8-9,12-13,15-20,32H2,(H,33,36)/t22?,23?,26?,28-/m1/s1. The molecule has 2 saturated carbocycles. The first kappa shape index (κ1) is 27.3. The van der Waals surface area contributed by atoms with Crippen molar-refractivity contribution in [2.24, 2.45) is 23.5 Å². The first-order valence-corrected chi connectivity index (χ1v) is 15.2. The van der Waals surface area contributed by atoms with Crippen molar-refractivity contribution in [1.82, 2.24) is 15.1 Å². The maximum Gasteiger partial charge on any atom is 0.242 e. The molecule has 1 aliphatic heterocycles. The van der Waals surface area contributed by atoms with Crippen molar-refractivity contribution in [1.29, 1.82) is 0 Å². The second-order valence-corrected chi connectivity index (χ2v) is 12.5. The molecule has 3 unspecified atom stereocenters. The third kappa shape index (κ3) is 7.01. The van der Waals surface area contributed by atoms with Crippen molar-refractivity contribution in [2.75, 3.05) is 19.6 Å². The van der Waals surface area contributed by atoms with Gasteiger partial charge in [-0.15, -0.1) is 11.3 Å². The van der Waals surface area contributed by atoms with Gasteiger partial charge in [0.1, 0.15) is 11.9 Å². The monoisotopic (exact) mass is 540 g/mol. The highest BCUT2D eigenvalue weighted by atomic mass is 32.1. The average Bonchev–Trinajstić information content (AvgIpc) is 3.68. The number of hydrogen-bond donors (Lipinski definition) is 2. The molecule has 3 N–H and O–H groups in total. The molecule has 2 amide bonds. The van der Waals surface area contributed by atoms with Crippen LogP contribution in [-0.2, 0) is 22.7 Å². The quantitative estimate of drug-likeness (QED) is 0.464. The van der Waals surface area contributed by atoms with Crippen LogP contribution in [-0.4, -0.2) is 53.3 Å². The molecule has 1 aromatic carbocycles. The summed E-state index contributed by atoms with van der Waals surface area (Å²) >= 11 is 1.72. The van der Waals surface area contributed by atoms with Crippen LogP contribution >= 0.6 is 11.3 Å². The Bertz CT molecular complexity index is 1060.